The largest absolute Gasteiger partial charge is 0.357 e. The number of hydrogen-bond acceptors (Lipinski definition) is 3. The van der Waals surface area contributed by atoms with Crippen LogP contribution >= 0.6 is 24.0 Å². The zero-order valence-corrected chi connectivity index (χ0v) is 19.6. The molecule has 1 amide bonds. The molecule has 7 heteroatoms. The van der Waals surface area contributed by atoms with E-state index in [-0.39, 0.29) is 35.3 Å². The quantitative estimate of drug-likeness (QED) is 0.249. The molecule has 0 aromatic rings. The molecule has 0 aromatic heterocycles. The second-order valence-electron chi connectivity index (χ2n) is 7.89. The monoisotopic (exact) mass is 491 g/mol. The lowest BCUT2D eigenvalue weighted by molar-refractivity contribution is -0.138. The highest BCUT2D eigenvalue weighted by molar-refractivity contribution is 14.0. The molecule has 1 aliphatic heterocycles. The van der Waals surface area contributed by atoms with Gasteiger partial charge in [0.2, 0.25) is 5.91 Å². The molecule has 156 valence electrons. The van der Waals surface area contributed by atoms with Crippen molar-refractivity contribution in [3.63, 3.8) is 0 Å². The Labute approximate surface area is 182 Å². The van der Waals surface area contributed by atoms with Crippen LogP contribution in [0.25, 0.3) is 0 Å². The fraction of sp³-hybridized carbons (Fsp3) is 0.800. The number of hydrogen-bond donors (Lipinski definition) is 2. The average molecular weight is 491 g/mol. The van der Waals surface area contributed by atoms with Gasteiger partial charge in [0.05, 0.1) is 12.0 Å². The average Bonchev–Trinajstić information content (AvgIpc) is 3.11. The molecule has 1 saturated carbocycles. The van der Waals surface area contributed by atoms with Gasteiger partial charge in [-0.15, -0.1) is 30.6 Å². The summed E-state index contributed by atoms with van der Waals surface area (Å²) in [7, 11) is 3.71. The van der Waals surface area contributed by atoms with E-state index in [1.54, 1.807) is 4.90 Å². The van der Waals surface area contributed by atoms with Crippen molar-refractivity contribution in [3.8, 4) is 0 Å². The molecule has 1 aliphatic carbocycles. The van der Waals surface area contributed by atoms with Crippen LogP contribution in [0, 0.1) is 5.41 Å². The molecule has 0 bridgehead atoms. The Balaban J connectivity index is 0.00000364. The predicted molar refractivity (Wildman–Crippen MR) is 124 cm³/mol. The first-order valence-corrected chi connectivity index (χ1v) is 10.1. The molecule has 0 unspecified atom stereocenters. The Morgan fingerprint density at radius 1 is 1.30 bits per heavy atom. The molecule has 0 spiro atoms. The van der Waals surface area contributed by atoms with Crippen LogP contribution in [0.2, 0.25) is 0 Å². The molecule has 2 aliphatic rings. The van der Waals surface area contributed by atoms with E-state index in [0.29, 0.717) is 12.6 Å². The van der Waals surface area contributed by atoms with Crippen molar-refractivity contribution in [1.29, 1.82) is 0 Å². The molecule has 27 heavy (non-hydrogen) atoms. The minimum absolute atomic E-state index is 0. The van der Waals surface area contributed by atoms with E-state index < -0.39 is 0 Å². The van der Waals surface area contributed by atoms with E-state index in [9.17, 15) is 4.79 Å². The Morgan fingerprint density at radius 3 is 2.44 bits per heavy atom. The lowest BCUT2D eigenvalue weighted by atomic mass is 9.85. The van der Waals surface area contributed by atoms with Crippen LogP contribution in [0.5, 0.6) is 0 Å². The van der Waals surface area contributed by atoms with Gasteiger partial charge in [-0.1, -0.05) is 18.9 Å². The summed E-state index contributed by atoms with van der Waals surface area (Å²) in [5.74, 6) is 1.08. The highest BCUT2D eigenvalue weighted by atomic mass is 127. The fourth-order valence-corrected chi connectivity index (χ4v) is 4.15. The molecule has 2 fully saturated rings. The Hall–Kier alpha value is -0.830. The van der Waals surface area contributed by atoms with Gasteiger partial charge in [-0.3, -0.25) is 14.7 Å². The molecule has 0 aromatic carbocycles. The van der Waals surface area contributed by atoms with Gasteiger partial charge < -0.3 is 15.5 Å². The summed E-state index contributed by atoms with van der Waals surface area (Å²) < 4.78 is 0. The number of nitrogens with one attached hydrogen (secondary N) is 2. The predicted octanol–water partition coefficient (Wildman–Crippen LogP) is 2.46. The number of carbonyl (C=O) groups excluding carboxylic acids is 1. The third-order valence-electron chi connectivity index (χ3n) is 5.62. The molecule has 0 radical (unpaired) electrons. The maximum Gasteiger partial charge on any atom is 0.230 e. The lowest BCUT2D eigenvalue weighted by Crippen LogP contribution is -2.49. The van der Waals surface area contributed by atoms with Crippen LogP contribution in [0.4, 0.5) is 0 Å². The van der Waals surface area contributed by atoms with Crippen molar-refractivity contribution >= 4 is 35.8 Å². The van der Waals surface area contributed by atoms with Gasteiger partial charge >= 0.3 is 0 Å². The number of rotatable bonds is 7. The van der Waals surface area contributed by atoms with E-state index in [0.717, 1.165) is 70.7 Å². The van der Waals surface area contributed by atoms with Crippen LogP contribution in [0.1, 0.15) is 45.4 Å². The summed E-state index contributed by atoms with van der Waals surface area (Å²) in [5, 5.41) is 6.95. The number of nitrogens with zero attached hydrogens (tertiary/aromatic N) is 3. The van der Waals surface area contributed by atoms with E-state index in [1.807, 2.05) is 20.2 Å². The molecule has 6 nitrogen and oxygen atoms in total. The molecular weight excluding hydrogens is 453 g/mol. The number of halogens is 1. The zero-order chi connectivity index (χ0) is 19.0. The number of aliphatic imine (C=N–C) groups is 1. The van der Waals surface area contributed by atoms with Crippen LogP contribution in [-0.2, 0) is 4.79 Å². The van der Waals surface area contributed by atoms with Crippen molar-refractivity contribution in [2.24, 2.45) is 10.4 Å². The topological polar surface area (TPSA) is 60.0 Å². The van der Waals surface area contributed by atoms with Gasteiger partial charge in [-0.05, 0) is 32.6 Å². The molecule has 0 atom stereocenters. The number of likely N-dealkylation sites (tertiary alicyclic amines) is 1. The van der Waals surface area contributed by atoms with Crippen LogP contribution in [0.3, 0.4) is 0 Å². The smallest absolute Gasteiger partial charge is 0.230 e. The molecule has 1 heterocycles. The van der Waals surface area contributed by atoms with Crippen molar-refractivity contribution in [3.05, 3.63) is 12.7 Å². The summed E-state index contributed by atoms with van der Waals surface area (Å²) in [5.41, 5.74) is -0.306. The minimum atomic E-state index is -0.306. The van der Waals surface area contributed by atoms with Crippen LogP contribution in [0.15, 0.2) is 17.6 Å². The molecule has 2 rings (SSSR count). The van der Waals surface area contributed by atoms with Crippen molar-refractivity contribution in [2.75, 3.05) is 46.8 Å². The minimum Gasteiger partial charge on any atom is -0.357 e. The van der Waals surface area contributed by atoms with E-state index >= 15 is 0 Å². The van der Waals surface area contributed by atoms with E-state index in [4.69, 9.17) is 4.99 Å². The second kappa shape index (κ2) is 11.9. The maximum atomic E-state index is 12.7. The van der Waals surface area contributed by atoms with Gasteiger partial charge in [0, 0.05) is 46.3 Å². The Bertz CT molecular complexity index is 495. The highest BCUT2D eigenvalue weighted by Crippen LogP contribution is 2.39. The number of carbonyl (C=O) groups is 1. The first kappa shape index (κ1) is 24.2. The van der Waals surface area contributed by atoms with E-state index in [1.165, 1.54) is 0 Å². The van der Waals surface area contributed by atoms with Gasteiger partial charge in [0.25, 0.3) is 0 Å². The summed E-state index contributed by atoms with van der Waals surface area (Å²) in [6.45, 7) is 10.5. The Kier molecular flexibility index (Phi) is 10.7. The first-order chi connectivity index (χ1) is 12.5. The summed E-state index contributed by atoms with van der Waals surface area (Å²) in [6.07, 6.45) is 8.35. The van der Waals surface area contributed by atoms with Crippen molar-refractivity contribution in [2.45, 2.75) is 51.5 Å². The molecule has 2 N–H and O–H groups in total. The van der Waals surface area contributed by atoms with Crippen LogP contribution < -0.4 is 10.6 Å². The third-order valence-corrected chi connectivity index (χ3v) is 5.62. The summed E-state index contributed by atoms with van der Waals surface area (Å²) in [4.78, 5) is 21.7. The normalized spacial score (nSPS) is 20.6. The molecule has 1 saturated heterocycles. The number of amides is 1. The summed E-state index contributed by atoms with van der Waals surface area (Å²) >= 11 is 0. The third kappa shape index (κ3) is 6.93. The first-order valence-electron chi connectivity index (χ1n) is 10.1. The SMILES string of the molecule is C=CCN1CCC(NC(=NCC2(C(=O)N(C)C)CCCC2)NCC)CC1.I. The zero-order valence-electron chi connectivity index (χ0n) is 17.3. The van der Waals surface area contributed by atoms with Gasteiger partial charge in [-0.2, -0.15) is 0 Å². The molecular formula is C20H38IN5O. The van der Waals surface area contributed by atoms with Crippen LogP contribution in [-0.4, -0.2) is 74.5 Å². The van der Waals surface area contributed by atoms with Gasteiger partial charge in [0.1, 0.15) is 0 Å². The van der Waals surface area contributed by atoms with E-state index in [2.05, 4.69) is 29.0 Å². The van der Waals surface area contributed by atoms with Crippen molar-refractivity contribution in [1.82, 2.24) is 20.4 Å². The number of piperidine rings is 1. The Morgan fingerprint density at radius 2 is 1.93 bits per heavy atom. The standard InChI is InChI=1S/C20H37N5O.HI/c1-5-13-25-14-9-17(10-15-25)23-19(21-6-2)22-16-20(11-7-8-12-20)18(26)24(3)4;/h5,17H,1,6-16H2,2-4H3,(H2,21,22,23);1H. The highest BCUT2D eigenvalue weighted by Gasteiger charge is 2.42. The summed E-state index contributed by atoms with van der Waals surface area (Å²) in [6, 6.07) is 0.443. The lowest BCUT2D eigenvalue weighted by Gasteiger charge is -2.33. The van der Waals surface area contributed by atoms with Crippen molar-refractivity contribution < 1.29 is 4.79 Å². The van der Waals surface area contributed by atoms with Gasteiger partial charge in [0.15, 0.2) is 5.96 Å². The maximum absolute atomic E-state index is 12.7. The second-order valence-corrected chi connectivity index (χ2v) is 7.89. The number of guanidine groups is 1. The fourth-order valence-electron chi connectivity index (χ4n) is 4.15. The van der Waals surface area contributed by atoms with Gasteiger partial charge in [-0.25, -0.2) is 0 Å².